The molecule has 2 unspecified atom stereocenters. The summed E-state index contributed by atoms with van der Waals surface area (Å²) in [5.41, 5.74) is 1.38. The van der Waals surface area contributed by atoms with Gasteiger partial charge in [0.2, 0.25) is 0 Å². The minimum absolute atomic E-state index is 0. The highest BCUT2D eigenvalue weighted by atomic mass is 35.5. The molecule has 2 aliphatic rings. The van der Waals surface area contributed by atoms with Gasteiger partial charge in [0.25, 0.3) is 0 Å². The molecule has 0 N–H and O–H groups in total. The number of rotatable bonds is 11. The molecule has 1 aliphatic carbocycles. The molecule has 4 rings (SSSR count). The summed E-state index contributed by atoms with van der Waals surface area (Å²) in [7, 11) is -3.39. The van der Waals surface area contributed by atoms with Gasteiger partial charge in [-0.3, -0.25) is 9.59 Å². The number of sulfone groups is 1. The molecule has 11 heteroatoms. The number of carbonyl (C=O) groups excluding carboxylic acids is 2. The zero-order valence-electron chi connectivity index (χ0n) is 26.0. The van der Waals surface area contributed by atoms with Gasteiger partial charge in [0, 0.05) is 31.3 Å². The van der Waals surface area contributed by atoms with E-state index in [-0.39, 0.29) is 60.4 Å². The fraction of sp³-hybridized carbons (Fsp3) is 0.600. The van der Waals surface area contributed by atoms with Gasteiger partial charge in [-0.25, -0.2) is 8.42 Å². The Hall–Kier alpha value is -1.52. The minimum Gasteiger partial charge on any atom is -0.381 e. The molecule has 0 spiro atoms. The van der Waals surface area contributed by atoms with Crippen LogP contribution in [0.2, 0.25) is 15.1 Å². The molecule has 0 aromatic heterocycles. The van der Waals surface area contributed by atoms with Gasteiger partial charge < -0.3 is 14.2 Å². The van der Waals surface area contributed by atoms with E-state index in [0.29, 0.717) is 28.8 Å². The highest BCUT2D eigenvalue weighted by Gasteiger charge is 2.30. The van der Waals surface area contributed by atoms with Gasteiger partial charge in [-0.15, -0.1) is 0 Å². The SMILES string of the molecule is C.C.CC(C)C(=O)C(OC1CCCC1)c1ccc(S(C)(=O)=O)c(Cl)c1.CC(C)C(=O)C(OC1CCOCC1)c1ccc(Cl)c(Cl)c1. The van der Waals surface area contributed by atoms with Crippen molar-refractivity contribution < 1.29 is 32.2 Å². The van der Waals surface area contributed by atoms with E-state index in [1.54, 1.807) is 24.3 Å². The van der Waals surface area contributed by atoms with E-state index in [4.69, 9.17) is 49.0 Å². The lowest BCUT2D eigenvalue weighted by molar-refractivity contribution is -0.142. The number of benzene rings is 2. The number of ether oxygens (including phenoxy) is 3. The van der Waals surface area contributed by atoms with Crippen molar-refractivity contribution in [2.75, 3.05) is 19.5 Å². The maximum Gasteiger partial charge on any atom is 0.176 e. The van der Waals surface area contributed by atoms with Crippen LogP contribution in [0.3, 0.4) is 0 Å². The Labute approximate surface area is 291 Å². The second-order valence-corrected chi connectivity index (χ2v) is 15.2. The smallest absolute Gasteiger partial charge is 0.176 e. The third-order valence-corrected chi connectivity index (χ3v) is 10.0. The van der Waals surface area contributed by atoms with Crippen molar-refractivity contribution in [3.8, 4) is 0 Å². The highest BCUT2D eigenvalue weighted by Crippen LogP contribution is 2.34. The van der Waals surface area contributed by atoms with Crippen molar-refractivity contribution in [1.29, 1.82) is 0 Å². The van der Waals surface area contributed by atoms with E-state index in [0.717, 1.165) is 50.3 Å². The summed E-state index contributed by atoms with van der Waals surface area (Å²) in [6.45, 7) is 8.77. The Morgan fingerprint density at radius 3 is 1.57 bits per heavy atom. The molecule has 1 saturated heterocycles. The van der Waals surface area contributed by atoms with Crippen molar-refractivity contribution in [2.24, 2.45) is 11.8 Å². The Balaban J connectivity index is 0.000000442. The summed E-state index contributed by atoms with van der Waals surface area (Å²) in [6.07, 6.45) is 5.70. The van der Waals surface area contributed by atoms with E-state index >= 15 is 0 Å². The van der Waals surface area contributed by atoms with E-state index in [1.807, 2.05) is 27.7 Å². The maximum absolute atomic E-state index is 12.5. The number of hydrogen-bond donors (Lipinski definition) is 0. The van der Waals surface area contributed by atoms with Crippen LogP contribution in [0.4, 0.5) is 0 Å². The van der Waals surface area contributed by atoms with E-state index in [2.05, 4.69) is 0 Å². The first kappa shape index (κ1) is 42.5. The molecule has 7 nitrogen and oxygen atoms in total. The minimum atomic E-state index is -3.39. The highest BCUT2D eigenvalue weighted by molar-refractivity contribution is 7.90. The molecular formula is C35H51Cl3O7S. The molecule has 46 heavy (non-hydrogen) atoms. The lowest BCUT2D eigenvalue weighted by Gasteiger charge is -2.28. The van der Waals surface area contributed by atoms with Crippen LogP contribution in [0, 0.1) is 11.8 Å². The second kappa shape index (κ2) is 19.5. The monoisotopic (exact) mass is 720 g/mol. The molecular weight excluding hydrogens is 671 g/mol. The van der Waals surface area contributed by atoms with E-state index in [9.17, 15) is 18.0 Å². The normalized spacial score (nSPS) is 17.0. The number of Topliss-reactive ketones (excluding diaryl/α,β-unsaturated/α-hetero) is 2. The zero-order valence-corrected chi connectivity index (χ0v) is 29.1. The van der Waals surface area contributed by atoms with Crippen LogP contribution in [0.25, 0.3) is 0 Å². The fourth-order valence-corrected chi connectivity index (χ4v) is 6.75. The zero-order chi connectivity index (χ0) is 32.6. The number of ketones is 2. The molecule has 1 heterocycles. The third kappa shape index (κ3) is 12.2. The van der Waals surface area contributed by atoms with Crippen molar-refractivity contribution in [3.63, 3.8) is 0 Å². The Bertz CT molecular complexity index is 1380. The Morgan fingerprint density at radius 1 is 0.717 bits per heavy atom. The van der Waals surface area contributed by atoms with Gasteiger partial charge in [-0.05, 0) is 61.1 Å². The molecule has 2 aromatic carbocycles. The molecule has 2 aromatic rings. The van der Waals surface area contributed by atoms with Gasteiger partial charge in [0.05, 0.1) is 32.2 Å². The van der Waals surface area contributed by atoms with Gasteiger partial charge in [0.15, 0.2) is 21.4 Å². The summed E-state index contributed by atoms with van der Waals surface area (Å²) in [4.78, 5) is 25.1. The van der Waals surface area contributed by atoms with E-state index < -0.39 is 22.0 Å². The lowest BCUT2D eigenvalue weighted by atomic mass is 9.97. The van der Waals surface area contributed by atoms with Crippen molar-refractivity contribution in [2.45, 2.75) is 110 Å². The standard InChI is InChI=1S/C17H23ClO4S.C16H20Cl2O3.2CH4/c1-11(2)16(19)17(22-13-6-4-5-7-13)12-8-9-15(14(18)10-12)23(3,20)21;1-10(2)15(19)16(21-12-5-7-20-8-6-12)11-3-4-13(17)14(18)9-11;;/h8-11,13,17H,4-7H2,1-3H3;3-4,9-10,12,16H,5-8H2,1-2H3;2*1H4. The summed E-state index contributed by atoms with van der Waals surface area (Å²) < 4.78 is 40.8. The number of halogens is 3. The molecule has 1 aliphatic heterocycles. The van der Waals surface area contributed by atoms with Crippen molar-refractivity contribution in [3.05, 3.63) is 62.6 Å². The number of carbonyl (C=O) groups is 2. The van der Waals surface area contributed by atoms with Crippen LogP contribution >= 0.6 is 34.8 Å². The summed E-state index contributed by atoms with van der Waals surface area (Å²) >= 11 is 18.1. The topological polar surface area (TPSA) is 96.0 Å². The largest absolute Gasteiger partial charge is 0.381 e. The number of hydrogen-bond acceptors (Lipinski definition) is 7. The summed E-state index contributed by atoms with van der Waals surface area (Å²) in [5, 5.41) is 1.04. The summed E-state index contributed by atoms with van der Waals surface area (Å²) in [5.74, 6) is -0.237. The molecule has 2 atom stereocenters. The summed E-state index contributed by atoms with van der Waals surface area (Å²) in [6, 6.07) is 9.84. The van der Waals surface area contributed by atoms with Crippen LogP contribution in [-0.2, 0) is 33.6 Å². The predicted octanol–water partition coefficient (Wildman–Crippen LogP) is 9.70. The Morgan fingerprint density at radius 2 is 1.15 bits per heavy atom. The molecule has 0 bridgehead atoms. The van der Waals surface area contributed by atoms with Gasteiger partial charge in [-0.2, -0.15) is 0 Å². The maximum atomic E-state index is 12.5. The fourth-order valence-electron chi connectivity index (χ4n) is 5.10. The average Bonchev–Trinajstić information content (AvgIpc) is 3.49. The van der Waals surface area contributed by atoms with E-state index in [1.165, 1.54) is 12.1 Å². The third-order valence-electron chi connectivity index (χ3n) is 7.69. The molecule has 260 valence electrons. The first-order valence-electron chi connectivity index (χ1n) is 15.1. The van der Waals surface area contributed by atoms with Crippen LogP contribution in [0.5, 0.6) is 0 Å². The first-order valence-corrected chi connectivity index (χ1v) is 18.1. The van der Waals surface area contributed by atoms with Crippen LogP contribution < -0.4 is 0 Å². The van der Waals surface area contributed by atoms with Gasteiger partial charge >= 0.3 is 0 Å². The lowest BCUT2D eigenvalue weighted by Crippen LogP contribution is -2.30. The first-order chi connectivity index (χ1) is 20.7. The van der Waals surface area contributed by atoms with Crippen molar-refractivity contribution >= 4 is 56.2 Å². The van der Waals surface area contributed by atoms with Crippen molar-refractivity contribution in [1.82, 2.24) is 0 Å². The van der Waals surface area contributed by atoms with Crippen LogP contribution in [0.1, 0.15) is 104 Å². The quantitative estimate of drug-likeness (QED) is 0.228. The van der Waals surface area contributed by atoms with Crippen LogP contribution in [0.15, 0.2) is 41.3 Å². The molecule has 0 amide bonds. The van der Waals surface area contributed by atoms with Gasteiger partial charge in [-0.1, -0.05) is 102 Å². The van der Waals surface area contributed by atoms with Crippen LogP contribution in [-0.4, -0.2) is 51.7 Å². The predicted molar refractivity (Wildman–Crippen MR) is 188 cm³/mol. The molecule has 0 radical (unpaired) electrons. The second-order valence-electron chi connectivity index (χ2n) is 12.0. The molecule has 2 fully saturated rings. The molecule has 1 saturated carbocycles. The Kier molecular flexibility index (Phi) is 18.0. The van der Waals surface area contributed by atoms with Gasteiger partial charge in [0.1, 0.15) is 12.2 Å². The average molecular weight is 722 g/mol.